The van der Waals surface area contributed by atoms with Gasteiger partial charge in [-0.25, -0.2) is 0 Å². The van der Waals surface area contributed by atoms with Gasteiger partial charge in [0, 0.05) is 25.3 Å². The second-order valence-electron chi connectivity index (χ2n) is 5.57. The molecular formula is C17H26N2O3. The topological polar surface area (TPSA) is 64.8 Å². The molecule has 5 heteroatoms. The highest BCUT2D eigenvalue weighted by Crippen LogP contribution is 2.24. The zero-order chi connectivity index (χ0) is 15.9. The van der Waals surface area contributed by atoms with Crippen LogP contribution in [0.1, 0.15) is 35.7 Å². The number of hydrogen-bond acceptors (Lipinski definition) is 4. The van der Waals surface area contributed by atoms with E-state index in [1.165, 1.54) is 0 Å². The first-order valence-electron chi connectivity index (χ1n) is 7.99. The van der Waals surface area contributed by atoms with E-state index in [0.717, 1.165) is 30.7 Å². The summed E-state index contributed by atoms with van der Waals surface area (Å²) < 4.78 is 11.1. The number of hydrogen-bond donors (Lipinski definition) is 1. The number of nitrogens with two attached hydrogens (primary N) is 1. The number of benzene rings is 1. The Balaban J connectivity index is 2.11. The summed E-state index contributed by atoms with van der Waals surface area (Å²) in [4.78, 5) is 14.7. The van der Waals surface area contributed by atoms with Crippen molar-refractivity contribution in [2.24, 2.45) is 5.73 Å². The van der Waals surface area contributed by atoms with Gasteiger partial charge in [0.25, 0.3) is 5.91 Å². The van der Waals surface area contributed by atoms with Crippen LogP contribution in [0.4, 0.5) is 0 Å². The monoisotopic (exact) mass is 306 g/mol. The van der Waals surface area contributed by atoms with Crippen LogP contribution in [0.2, 0.25) is 0 Å². The molecule has 0 unspecified atom stereocenters. The molecule has 1 aliphatic heterocycles. The highest BCUT2D eigenvalue weighted by molar-refractivity contribution is 5.95. The van der Waals surface area contributed by atoms with E-state index in [0.29, 0.717) is 31.9 Å². The van der Waals surface area contributed by atoms with E-state index in [1.807, 2.05) is 36.9 Å². The van der Waals surface area contributed by atoms with Gasteiger partial charge in [-0.3, -0.25) is 4.79 Å². The first kappa shape index (κ1) is 16.8. The SMILES string of the molecule is CCOC[C@@H]1CCCN1C(=O)c1ccc(C)c(OCCN)c1. The fourth-order valence-electron chi connectivity index (χ4n) is 2.75. The number of rotatable bonds is 7. The third-order valence-corrected chi connectivity index (χ3v) is 3.96. The first-order chi connectivity index (χ1) is 10.7. The van der Waals surface area contributed by atoms with Gasteiger partial charge in [0.1, 0.15) is 12.4 Å². The molecular weight excluding hydrogens is 280 g/mol. The Hall–Kier alpha value is -1.59. The van der Waals surface area contributed by atoms with E-state index in [1.54, 1.807) is 0 Å². The van der Waals surface area contributed by atoms with Crippen molar-refractivity contribution in [3.63, 3.8) is 0 Å². The van der Waals surface area contributed by atoms with Gasteiger partial charge >= 0.3 is 0 Å². The molecule has 0 radical (unpaired) electrons. The lowest BCUT2D eigenvalue weighted by Gasteiger charge is -2.25. The Kier molecular flexibility index (Phi) is 6.21. The minimum absolute atomic E-state index is 0.0554. The lowest BCUT2D eigenvalue weighted by atomic mass is 10.1. The van der Waals surface area contributed by atoms with Gasteiger partial charge in [-0.15, -0.1) is 0 Å². The van der Waals surface area contributed by atoms with Gasteiger partial charge in [0.05, 0.1) is 12.6 Å². The standard InChI is InChI=1S/C17H26N2O3/c1-3-21-12-15-5-4-9-19(15)17(20)14-7-6-13(2)16(11-14)22-10-8-18/h6-7,11,15H,3-5,8-10,12,18H2,1-2H3/t15-/m0/s1. The van der Waals surface area contributed by atoms with Crippen molar-refractivity contribution < 1.29 is 14.3 Å². The minimum atomic E-state index is 0.0554. The summed E-state index contributed by atoms with van der Waals surface area (Å²) in [6.07, 6.45) is 2.04. The molecule has 1 atom stereocenters. The van der Waals surface area contributed by atoms with E-state index in [2.05, 4.69) is 0 Å². The summed E-state index contributed by atoms with van der Waals surface area (Å²) in [6.45, 7) is 6.94. The van der Waals surface area contributed by atoms with Gasteiger partial charge in [0.15, 0.2) is 0 Å². The molecule has 0 saturated carbocycles. The van der Waals surface area contributed by atoms with Crippen LogP contribution in [0.15, 0.2) is 18.2 Å². The van der Waals surface area contributed by atoms with Crippen molar-refractivity contribution in [1.29, 1.82) is 0 Å². The van der Waals surface area contributed by atoms with Crippen LogP contribution in [0, 0.1) is 6.92 Å². The lowest BCUT2D eigenvalue weighted by molar-refractivity contribution is 0.0564. The maximum absolute atomic E-state index is 12.7. The predicted octanol–water partition coefficient (Wildman–Crippen LogP) is 1.97. The molecule has 1 heterocycles. The van der Waals surface area contributed by atoms with Gasteiger partial charge in [-0.1, -0.05) is 6.07 Å². The Morgan fingerprint density at radius 2 is 2.27 bits per heavy atom. The molecule has 2 N–H and O–H groups in total. The fraction of sp³-hybridized carbons (Fsp3) is 0.588. The molecule has 0 aromatic heterocycles. The van der Waals surface area contributed by atoms with Crippen molar-refractivity contribution in [2.75, 3.05) is 32.9 Å². The number of carbonyl (C=O) groups excluding carboxylic acids is 1. The number of likely N-dealkylation sites (tertiary alicyclic amines) is 1. The zero-order valence-corrected chi connectivity index (χ0v) is 13.5. The van der Waals surface area contributed by atoms with Crippen LogP contribution in [0.3, 0.4) is 0 Å². The number of ether oxygens (including phenoxy) is 2. The normalized spacial score (nSPS) is 17.8. The van der Waals surface area contributed by atoms with Crippen LogP contribution >= 0.6 is 0 Å². The van der Waals surface area contributed by atoms with Crippen molar-refractivity contribution in [3.8, 4) is 5.75 Å². The Labute approximate surface area is 132 Å². The number of amides is 1. The maximum atomic E-state index is 12.7. The maximum Gasteiger partial charge on any atom is 0.254 e. The second kappa shape index (κ2) is 8.15. The quantitative estimate of drug-likeness (QED) is 0.836. The minimum Gasteiger partial charge on any atom is -0.492 e. The van der Waals surface area contributed by atoms with Crippen molar-refractivity contribution in [2.45, 2.75) is 32.7 Å². The summed E-state index contributed by atoms with van der Waals surface area (Å²) in [6, 6.07) is 5.79. The summed E-state index contributed by atoms with van der Waals surface area (Å²) in [5, 5.41) is 0. The molecule has 22 heavy (non-hydrogen) atoms. The molecule has 0 spiro atoms. The van der Waals surface area contributed by atoms with Crippen molar-refractivity contribution in [1.82, 2.24) is 4.90 Å². The summed E-state index contributed by atoms with van der Waals surface area (Å²) in [5.41, 5.74) is 7.15. The van der Waals surface area contributed by atoms with Gasteiger partial charge < -0.3 is 20.1 Å². The van der Waals surface area contributed by atoms with Crippen molar-refractivity contribution >= 4 is 5.91 Å². The van der Waals surface area contributed by atoms with E-state index >= 15 is 0 Å². The summed E-state index contributed by atoms with van der Waals surface area (Å²) in [7, 11) is 0. The third kappa shape index (κ3) is 3.99. The third-order valence-electron chi connectivity index (χ3n) is 3.96. The van der Waals surface area contributed by atoms with Gasteiger partial charge in [-0.2, -0.15) is 0 Å². The Bertz CT molecular complexity index is 505. The first-order valence-corrected chi connectivity index (χ1v) is 7.99. The second-order valence-corrected chi connectivity index (χ2v) is 5.57. The zero-order valence-electron chi connectivity index (χ0n) is 13.5. The highest BCUT2D eigenvalue weighted by Gasteiger charge is 2.29. The summed E-state index contributed by atoms with van der Waals surface area (Å²) >= 11 is 0. The molecule has 0 bridgehead atoms. The number of aryl methyl sites for hydroxylation is 1. The van der Waals surface area contributed by atoms with Crippen LogP contribution < -0.4 is 10.5 Å². The van der Waals surface area contributed by atoms with E-state index in [-0.39, 0.29) is 11.9 Å². The smallest absolute Gasteiger partial charge is 0.254 e. The molecule has 122 valence electrons. The Morgan fingerprint density at radius 1 is 1.45 bits per heavy atom. The molecule has 5 nitrogen and oxygen atoms in total. The molecule has 1 aromatic rings. The lowest BCUT2D eigenvalue weighted by Crippen LogP contribution is -2.38. The fourth-order valence-corrected chi connectivity index (χ4v) is 2.75. The average Bonchev–Trinajstić information content (AvgIpc) is 2.99. The van der Waals surface area contributed by atoms with E-state index in [4.69, 9.17) is 15.2 Å². The molecule has 1 amide bonds. The summed E-state index contributed by atoms with van der Waals surface area (Å²) in [5.74, 6) is 0.789. The molecule has 2 rings (SSSR count). The molecule has 0 aliphatic carbocycles. The largest absolute Gasteiger partial charge is 0.492 e. The van der Waals surface area contributed by atoms with Gasteiger partial charge in [-0.05, 0) is 44.4 Å². The van der Waals surface area contributed by atoms with E-state index < -0.39 is 0 Å². The van der Waals surface area contributed by atoms with Crippen LogP contribution in [0.25, 0.3) is 0 Å². The van der Waals surface area contributed by atoms with Crippen LogP contribution in [-0.4, -0.2) is 49.8 Å². The molecule has 1 aromatic carbocycles. The Morgan fingerprint density at radius 3 is 3.00 bits per heavy atom. The predicted molar refractivity (Wildman–Crippen MR) is 86.3 cm³/mol. The van der Waals surface area contributed by atoms with Crippen LogP contribution in [0.5, 0.6) is 5.75 Å². The molecule has 1 aliphatic rings. The number of carbonyl (C=O) groups is 1. The van der Waals surface area contributed by atoms with E-state index in [9.17, 15) is 4.79 Å². The highest BCUT2D eigenvalue weighted by atomic mass is 16.5. The average molecular weight is 306 g/mol. The van der Waals surface area contributed by atoms with Crippen molar-refractivity contribution in [3.05, 3.63) is 29.3 Å². The molecule has 1 saturated heterocycles. The molecule has 1 fully saturated rings. The van der Waals surface area contributed by atoms with Crippen LogP contribution in [-0.2, 0) is 4.74 Å². The number of nitrogens with zero attached hydrogens (tertiary/aromatic N) is 1. The van der Waals surface area contributed by atoms with Gasteiger partial charge in [0.2, 0.25) is 0 Å².